The lowest BCUT2D eigenvalue weighted by Crippen LogP contribution is -2.49. The molecule has 3 rings (SSSR count). The Kier molecular flexibility index (Phi) is 3.18. The summed E-state index contributed by atoms with van der Waals surface area (Å²) in [6.45, 7) is 3.09. The second-order valence-corrected chi connectivity index (χ2v) is 5.58. The van der Waals surface area contributed by atoms with E-state index in [2.05, 4.69) is 37.5 Å². The Morgan fingerprint density at radius 2 is 1.94 bits per heavy atom. The molecule has 0 unspecified atom stereocenters. The molecule has 2 fully saturated rings. The lowest BCUT2D eigenvalue weighted by atomic mass is 10.1. The van der Waals surface area contributed by atoms with Gasteiger partial charge in [-0.05, 0) is 29.0 Å². The molecule has 1 spiro atoms. The topological polar surface area (TPSA) is 47.5 Å². The smallest absolute Gasteiger partial charge is 0.225 e. The summed E-state index contributed by atoms with van der Waals surface area (Å²) in [5, 5.41) is 0. The fourth-order valence-corrected chi connectivity index (χ4v) is 2.64. The van der Waals surface area contributed by atoms with E-state index in [0.29, 0.717) is 13.2 Å². The van der Waals surface area contributed by atoms with Crippen molar-refractivity contribution < 1.29 is 9.47 Å². The van der Waals surface area contributed by atoms with E-state index in [1.54, 1.807) is 0 Å². The van der Waals surface area contributed by atoms with Gasteiger partial charge in [-0.2, -0.15) is 0 Å². The third kappa shape index (κ3) is 2.38. The van der Waals surface area contributed by atoms with Gasteiger partial charge < -0.3 is 14.4 Å². The minimum atomic E-state index is -0.412. The monoisotopic (exact) mass is 347 g/mol. The number of piperidine rings is 1. The van der Waals surface area contributed by atoms with Gasteiger partial charge in [0.25, 0.3) is 0 Å². The molecule has 3 heterocycles. The zero-order valence-electron chi connectivity index (χ0n) is 9.43. The van der Waals surface area contributed by atoms with Crippen molar-refractivity contribution in [2.45, 2.75) is 18.6 Å². The van der Waals surface area contributed by atoms with Gasteiger partial charge in [-0.15, -0.1) is 0 Å². The molecule has 17 heavy (non-hydrogen) atoms. The van der Waals surface area contributed by atoms with E-state index in [1.807, 2.05) is 12.4 Å². The Bertz CT molecular complexity index is 392. The molecule has 0 aromatic carbocycles. The molecule has 5 nitrogen and oxygen atoms in total. The summed E-state index contributed by atoms with van der Waals surface area (Å²) >= 11 is 2.21. The molecule has 6 heteroatoms. The third-order valence-electron chi connectivity index (χ3n) is 3.12. The van der Waals surface area contributed by atoms with Crippen LogP contribution in [0.2, 0.25) is 0 Å². The minimum absolute atomic E-state index is 0.412. The number of hydrogen-bond acceptors (Lipinski definition) is 5. The van der Waals surface area contributed by atoms with Crippen molar-refractivity contribution in [3.05, 3.63) is 16.0 Å². The van der Waals surface area contributed by atoms with Crippen molar-refractivity contribution in [2.75, 3.05) is 31.2 Å². The molecule has 1 aromatic heterocycles. The molecule has 0 amide bonds. The van der Waals surface area contributed by atoms with E-state index in [1.165, 1.54) is 0 Å². The Labute approximate surface area is 114 Å². The van der Waals surface area contributed by atoms with Crippen molar-refractivity contribution in [1.82, 2.24) is 9.97 Å². The van der Waals surface area contributed by atoms with Gasteiger partial charge in [0, 0.05) is 28.9 Å². The molecule has 0 saturated carbocycles. The number of ether oxygens (including phenoxy) is 2. The zero-order valence-corrected chi connectivity index (χ0v) is 11.6. The third-order valence-corrected chi connectivity index (χ3v) is 3.68. The summed E-state index contributed by atoms with van der Waals surface area (Å²) in [6, 6.07) is 0. The fraction of sp³-hybridized carbons (Fsp3) is 0.636. The first-order valence-corrected chi connectivity index (χ1v) is 6.86. The SMILES string of the molecule is Ic1cnc(N2CCCC3(C2)OCCO3)nc1. The average Bonchev–Trinajstić information content (AvgIpc) is 2.78. The Balaban J connectivity index is 1.77. The lowest BCUT2D eigenvalue weighted by Gasteiger charge is -2.38. The van der Waals surface area contributed by atoms with Crippen molar-refractivity contribution >= 4 is 28.5 Å². The number of rotatable bonds is 1. The maximum absolute atomic E-state index is 5.74. The minimum Gasteiger partial charge on any atom is -0.346 e. The van der Waals surface area contributed by atoms with E-state index in [0.717, 1.165) is 35.4 Å². The lowest BCUT2D eigenvalue weighted by molar-refractivity contribution is -0.161. The van der Waals surface area contributed by atoms with E-state index in [4.69, 9.17) is 9.47 Å². The predicted octanol–water partition coefficient (Wildman–Crippen LogP) is 1.42. The van der Waals surface area contributed by atoms with Crippen LogP contribution in [0.1, 0.15) is 12.8 Å². The van der Waals surface area contributed by atoms with Gasteiger partial charge >= 0.3 is 0 Å². The molecule has 2 aliphatic rings. The van der Waals surface area contributed by atoms with Crippen LogP contribution in [0.25, 0.3) is 0 Å². The van der Waals surface area contributed by atoms with Crippen LogP contribution in [0, 0.1) is 3.57 Å². The summed E-state index contributed by atoms with van der Waals surface area (Å²) in [5.74, 6) is 0.355. The van der Waals surface area contributed by atoms with E-state index >= 15 is 0 Å². The molecular formula is C11H14IN3O2. The second kappa shape index (κ2) is 4.66. The van der Waals surface area contributed by atoms with Crippen molar-refractivity contribution in [3.8, 4) is 0 Å². The van der Waals surface area contributed by atoms with E-state index < -0.39 is 5.79 Å². The Morgan fingerprint density at radius 1 is 1.24 bits per heavy atom. The highest BCUT2D eigenvalue weighted by Crippen LogP contribution is 2.31. The first-order valence-electron chi connectivity index (χ1n) is 5.78. The average molecular weight is 347 g/mol. The molecule has 0 atom stereocenters. The molecule has 0 radical (unpaired) electrons. The quantitative estimate of drug-likeness (QED) is 0.720. The molecule has 92 valence electrons. The van der Waals surface area contributed by atoms with Crippen LogP contribution in [0.15, 0.2) is 12.4 Å². The highest BCUT2D eigenvalue weighted by molar-refractivity contribution is 14.1. The number of aromatic nitrogens is 2. The number of hydrogen-bond donors (Lipinski definition) is 0. The van der Waals surface area contributed by atoms with Gasteiger partial charge in [0.2, 0.25) is 5.95 Å². The first kappa shape index (κ1) is 11.6. The van der Waals surface area contributed by atoms with Crippen LogP contribution < -0.4 is 4.90 Å². The molecule has 0 bridgehead atoms. The van der Waals surface area contributed by atoms with Crippen LogP contribution in [0.5, 0.6) is 0 Å². The summed E-state index contributed by atoms with van der Waals surface area (Å²) in [6.07, 6.45) is 5.68. The molecule has 2 aliphatic heterocycles. The van der Waals surface area contributed by atoms with Crippen LogP contribution in [-0.2, 0) is 9.47 Å². The molecule has 0 N–H and O–H groups in total. The van der Waals surface area contributed by atoms with Crippen LogP contribution in [0.3, 0.4) is 0 Å². The number of anilines is 1. The van der Waals surface area contributed by atoms with Gasteiger partial charge in [-0.3, -0.25) is 0 Å². The highest BCUT2D eigenvalue weighted by atomic mass is 127. The van der Waals surface area contributed by atoms with Gasteiger partial charge in [0.1, 0.15) is 0 Å². The van der Waals surface area contributed by atoms with Crippen LogP contribution >= 0.6 is 22.6 Å². The predicted molar refractivity (Wildman–Crippen MR) is 70.8 cm³/mol. The summed E-state index contributed by atoms with van der Waals surface area (Å²) in [4.78, 5) is 10.8. The van der Waals surface area contributed by atoms with Crippen molar-refractivity contribution in [3.63, 3.8) is 0 Å². The second-order valence-electron chi connectivity index (χ2n) is 4.33. The van der Waals surface area contributed by atoms with Crippen LogP contribution in [0.4, 0.5) is 5.95 Å². The molecule has 0 aliphatic carbocycles. The largest absolute Gasteiger partial charge is 0.346 e. The van der Waals surface area contributed by atoms with Gasteiger partial charge in [-0.25, -0.2) is 9.97 Å². The van der Waals surface area contributed by atoms with E-state index in [-0.39, 0.29) is 0 Å². The maximum Gasteiger partial charge on any atom is 0.225 e. The van der Waals surface area contributed by atoms with Gasteiger partial charge in [-0.1, -0.05) is 0 Å². The van der Waals surface area contributed by atoms with Crippen LogP contribution in [-0.4, -0.2) is 42.1 Å². The normalized spacial score (nSPS) is 23.2. The van der Waals surface area contributed by atoms with E-state index in [9.17, 15) is 0 Å². The number of nitrogens with zero attached hydrogens (tertiary/aromatic N) is 3. The maximum atomic E-state index is 5.74. The first-order chi connectivity index (χ1) is 8.27. The summed E-state index contributed by atoms with van der Waals surface area (Å²) in [7, 11) is 0. The number of halogens is 1. The fourth-order valence-electron chi connectivity index (χ4n) is 2.36. The zero-order chi connectivity index (χ0) is 11.7. The molecule has 1 aromatic rings. The summed E-state index contributed by atoms with van der Waals surface area (Å²) in [5.41, 5.74) is 0. The molecular weight excluding hydrogens is 333 g/mol. The highest BCUT2D eigenvalue weighted by Gasteiger charge is 2.41. The standard InChI is InChI=1S/C11H14IN3O2/c12-9-6-13-10(14-7-9)15-3-1-2-11(8-15)16-4-5-17-11/h6-7H,1-5,8H2. The van der Waals surface area contributed by atoms with Gasteiger partial charge in [0.15, 0.2) is 5.79 Å². The summed E-state index contributed by atoms with van der Waals surface area (Å²) < 4.78 is 12.5. The van der Waals surface area contributed by atoms with Crippen molar-refractivity contribution in [2.24, 2.45) is 0 Å². The van der Waals surface area contributed by atoms with Crippen molar-refractivity contribution in [1.29, 1.82) is 0 Å². The Hall–Kier alpha value is -0.470. The Morgan fingerprint density at radius 3 is 2.65 bits per heavy atom. The molecule has 2 saturated heterocycles. The van der Waals surface area contributed by atoms with Gasteiger partial charge in [0.05, 0.1) is 19.8 Å².